The number of nitrogens with one attached hydrogen (secondary N) is 1. The quantitative estimate of drug-likeness (QED) is 0.477. The highest BCUT2D eigenvalue weighted by Crippen LogP contribution is 2.02. The third-order valence-corrected chi connectivity index (χ3v) is 1.50. The second kappa shape index (κ2) is 5.29. The standard InChI is InChI=1S/C8H15NO2/c1-2-4-9-7-8-10-5-3-6-11-8/h2,8-9H,1,3-7H2. The molecule has 0 unspecified atom stereocenters. The second-order valence-corrected chi connectivity index (χ2v) is 2.47. The lowest BCUT2D eigenvalue weighted by Crippen LogP contribution is -2.35. The molecule has 0 spiro atoms. The maximum atomic E-state index is 5.31. The molecule has 1 aliphatic rings. The number of rotatable bonds is 4. The van der Waals surface area contributed by atoms with E-state index in [1.54, 1.807) is 0 Å². The fourth-order valence-electron chi connectivity index (χ4n) is 0.958. The van der Waals surface area contributed by atoms with Crippen LogP contribution >= 0.6 is 0 Å². The molecule has 1 saturated heterocycles. The van der Waals surface area contributed by atoms with Crippen molar-refractivity contribution in [2.45, 2.75) is 12.7 Å². The number of hydrogen-bond donors (Lipinski definition) is 1. The van der Waals surface area contributed by atoms with Gasteiger partial charge in [0.15, 0.2) is 6.29 Å². The van der Waals surface area contributed by atoms with Crippen molar-refractivity contribution in [3.63, 3.8) is 0 Å². The van der Waals surface area contributed by atoms with Gasteiger partial charge in [-0.25, -0.2) is 0 Å². The maximum absolute atomic E-state index is 5.31. The van der Waals surface area contributed by atoms with E-state index in [-0.39, 0.29) is 6.29 Å². The van der Waals surface area contributed by atoms with Crippen molar-refractivity contribution in [1.82, 2.24) is 5.32 Å². The molecule has 64 valence electrons. The largest absolute Gasteiger partial charge is 0.351 e. The van der Waals surface area contributed by atoms with E-state index in [0.29, 0.717) is 0 Å². The van der Waals surface area contributed by atoms with Crippen LogP contribution in [0.1, 0.15) is 6.42 Å². The summed E-state index contributed by atoms with van der Waals surface area (Å²) >= 11 is 0. The molecule has 1 aliphatic heterocycles. The Morgan fingerprint density at radius 1 is 1.45 bits per heavy atom. The van der Waals surface area contributed by atoms with E-state index in [2.05, 4.69) is 11.9 Å². The Hall–Kier alpha value is -0.380. The fraction of sp³-hybridized carbons (Fsp3) is 0.750. The highest BCUT2D eigenvalue weighted by Gasteiger charge is 2.12. The molecular formula is C8H15NO2. The zero-order valence-electron chi connectivity index (χ0n) is 6.71. The zero-order valence-corrected chi connectivity index (χ0v) is 6.71. The Balaban J connectivity index is 2.00. The van der Waals surface area contributed by atoms with E-state index in [0.717, 1.165) is 32.7 Å². The van der Waals surface area contributed by atoms with Crippen molar-refractivity contribution >= 4 is 0 Å². The van der Waals surface area contributed by atoms with Gasteiger partial charge in [-0.05, 0) is 6.42 Å². The molecular weight excluding hydrogens is 142 g/mol. The Morgan fingerprint density at radius 2 is 2.18 bits per heavy atom. The predicted molar refractivity (Wildman–Crippen MR) is 43.4 cm³/mol. The van der Waals surface area contributed by atoms with Gasteiger partial charge in [-0.1, -0.05) is 6.08 Å². The van der Waals surface area contributed by atoms with Crippen LogP contribution in [0.2, 0.25) is 0 Å². The van der Waals surface area contributed by atoms with E-state index in [4.69, 9.17) is 9.47 Å². The van der Waals surface area contributed by atoms with Crippen LogP contribution in [0, 0.1) is 0 Å². The van der Waals surface area contributed by atoms with Crippen LogP contribution in [-0.2, 0) is 9.47 Å². The van der Waals surface area contributed by atoms with Gasteiger partial charge in [-0.2, -0.15) is 0 Å². The normalized spacial score (nSPS) is 20.0. The van der Waals surface area contributed by atoms with Gasteiger partial charge in [0.05, 0.1) is 13.2 Å². The summed E-state index contributed by atoms with van der Waals surface area (Å²) in [6.07, 6.45) is 2.78. The minimum atomic E-state index is -0.0521. The van der Waals surface area contributed by atoms with E-state index >= 15 is 0 Å². The average molecular weight is 157 g/mol. The molecule has 0 aromatic carbocycles. The molecule has 1 rings (SSSR count). The lowest BCUT2D eigenvalue weighted by Gasteiger charge is -2.23. The fourth-order valence-corrected chi connectivity index (χ4v) is 0.958. The van der Waals surface area contributed by atoms with Crippen LogP contribution in [0.4, 0.5) is 0 Å². The molecule has 1 fully saturated rings. The summed E-state index contributed by atoms with van der Waals surface area (Å²) in [6.45, 7) is 6.80. The van der Waals surface area contributed by atoms with Gasteiger partial charge in [0.2, 0.25) is 0 Å². The van der Waals surface area contributed by atoms with Gasteiger partial charge in [0.25, 0.3) is 0 Å². The van der Waals surface area contributed by atoms with Gasteiger partial charge in [-0.15, -0.1) is 6.58 Å². The third kappa shape index (κ3) is 3.51. The Bertz CT molecular complexity index is 111. The summed E-state index contributed by atoms with van der Waals surface area (Å²) < 4.78 is 10.6. The minimum Gasteiger partial charge on any atom is -0.351 e. The molecule has 0 aromatic heterocycles. The van der Waals surface area contributed by atoms with Gasteiger partial charge < -0.3 is 14.8 Å². The molecule has 0 bridgehead atoms. The number of hydrogen-bond acceptors (Lipinski definition) is 3. The minimum absolute atomic E-state index is 0.0521. The van der Waals surface area contributed by atoms with Gasteiger partial charge in [-0.3, -0.25) is 0 Å². The summed E-state index contributed by atoms with van der Waals surface area (Å²) in [6, 6.07) is 0. The molecule has 3 heteroatoms. The van der Waals surface area contributed by atoms with Crippen LogP contribution < -0.4 is 5.32 Å². The van der Waals surface area contributed by atoms with E-state index in [1.807, 2.05) is 6.08 Å². The van der Waals surface area contributed by atoms with Gasteiger partial charge >= 0.3 is 0 Å². The summed E-state index contributed by atoms with van der Waals surface area (Å²) in [4.78, 5) is 0. The van der Waals surface area contributed by atoms with Crippen LogP contribution in [-0.4, -0.2) is 32.6 Å². The summed E-state index contributed by atoms with van der Waals surface area (Å²) in [7, 11) is 0. The van der Waals surface area contributed by atoms with Crippen LogP contribution in [0.25, 0.3) is 0 Å². The topological polar surface area (TPSA) is 30.5 Å². The van der Waals surface area contributed by atoms with Crippen molar-refractivity contribution in [3.05, 3.63) is 12.7 Å². The highest BCUT2D eigenvalue weighted by molar-refractivity contribution is 4.70. The maximum Gasteiger partial charge on any atom is 0.169 e. The molecule has 1 N–H and O–H groups in total. The number of ether oxygens (including phenoxy) is 2. The Labute approximate surface area is 67.4 Å². The van der Waals surface area contributed by atoms with Crippen molar-refractivity contribution in [2.75, 3.05) is 26.3 Å². The molecule has 11 heavy (non-hydrogen) atoms. The first-order chi connectivity index (χ1) is 5.43. The molecule has 3 nitrogen and oxygen atoms in total. The predicted octanol–water partition coefficient (Wildman–Crippen LogP) is 0.525. The Morgan fingerprint density at radius 3 is 2.82 bits per heavy atom. The summed E-state index contributed by atoms with van der Waals surface area (Å²) in [5, 5.41) is 3.14. The summed E-state index contributed by atoms with van der Waals surface area (Å²) in [5.74, 6) is 0. The molecule has 0 aliphatic carbocycles. The molecule has 0 amide bonds. The highest BCUT2D eigenvalue weighted by atomic mass is 16.7. The zero-order chi connectivity index (χ0) is 7.94. The Kier molecular flexibility index (Phi) is 4.19. The van der Waals surface area contributed by atoms with Crippen LogP contribution in [0.3, 0.4) is 0 Å². The lowest BCUT2D eigenvalue weighted by atomic mass is 10.4. The van der Waals surface area contributed by atoms with Crippen LogP contribution in [0.5, 0.6) is 0 Å². The first-order valence-electron chi connectivity index (χ1n) is 3.98. The van der Waals surface area contributed by atoms with Crippen LogP contribution in [0.15, 0.2) is 12.7 Å². The lowest BCUT2D eigenvalue weighted by molar-refractivity contribution is -0.174. The molecule has 1 heterocycles. The van der Waals surface area contributed by atoms with E-state index in [9.17, 15) is 0 Å². The average Bonchev–Trinajstić information content (AvgIpc) is 2.07. The molecule has 0 atom stereocenters. The van der Waals surface area contributed by atoms with Crippen molar-refractivity contribution in [1.29, 1.82) is 0 Å². The van der Waals surface area contributed by atoms with Gasteiger partial charge in [0, 0.05) is 13.1 Å². The monoisotopic (exact) mass is 157 g/mol. The van der Waals surface area contributed by atoms with Gasteiger partial charge in [0.1, 0.15) is 0 Å². The van der Waals surface area contributed by atoms with Crippen molar-refractivity contribution in [3.8, 4) is 0 Å². The van der Waals surface area contributed by atoms with Crippen molar-refractivity contribution < 1.29 is 9.47 Å². The molecule has 0 radical (unpaired) electrons. The third-order valence-electron chi connectivity index (χ3n) is 1.50. The second-order valence-electron chi connectivity index (χ2n) is 2.47. The van der Waals surface area contributed by atoms with E-state index in [1.165, 1.54) is 0 Å². The van der Waals surface area contributed by atoms with Crippen molar-refractivity contribution in [2.24, 2.45) is 0 Å². The molecule has 0 aromatic rings. The smallest absolute Gasteiger partial charge is 0.169 e. The SMILES string of the molecule is C=CCNCC1OCCCO1. The molecule has 0 saturated carbocycles. The first-order valence-corrected chi connectivity index (χ1v) is 3.98. The van der Waals surface area contributed by atoms with E-state index < -0.39 is 0 Å². The summed E-state index contributed by atoms with van der Waals surface area (Å²) in [5.41, 5.74) is 0. The first kappa shape index (κ1) is 8.71.